The van der Waals surface area contributed by atoms with Crippen LogP contribution in [0.25, 0.3) is 0 Å². The van der Waals surface area contributed by atoms with Crippen LogP contribution in [-0.2, 0) is 0 Å². The second-order valence-electron chi connectivity index (χ2n) is 2.18. The van der Waals surface area contributed by atoms with Crippen molar-refractivity contribution in [2.75, 3.05) is 5.43 Å². The Bertz CT molecular complexity index is 345. The minimum absolute atomic E-state index is 0.269. The molecular formula is C5H3BrCl2N4. The average molecular weight is 270 g/mol. The first-order chi connectivity index (χ1) is 5.58. The smallest absolute Gasteiger partial charge is 0.275 e. The molecule has 1 aliphatic rings. The number of nitrogens with zero attached hydrogens (tertiary/aromatic N) is 3. The highest BCUT2D eigenvalue weighted by atomic mass is 79.9. The fourth-order valence-electron chi connectivity index (χ4n) is 0.889. The highest BCUT2D eigenvalue weighted by Crippen LogP contribution is 2.28. The van der Waals surface area contributed by atoms with E-state index < -0.39 is 4.03 Å². The van der Waals surface area contributed by atoms with E-state index in [0.29, 0.717) is 5.82 Å². The Hall–Kier alpha value is -0.260. The third-order valence-electron chi connectivity index (χ3n) is 1.32. The molecule has 0 aliphatic carbocycles. The monoisotopic (exact) mass is 268 g/mol. The van der Waals surface area contributed by atoms with Gasteiger partial charge < -0.3 is 0 Å². The lowest BCUT2D eigenvalue weighted by molar-refractivity contribution is 0.751. The quantitative estimate of drug-likeness (QED) is 0.575. The van der Waals surface area contributed by atoms with Gasteiger partial charge in [-0.05, 0) is 15.9 Å². The van der Waals surface area contributed by atoms with E-state index >= 15 is 0 Å². The van der Waals surface area contributed by atoms with Crippen LogP contribution in [0, 0.1) is 0 Å². The minimum atomic E-state index is -1.07. The number of nitrogens with one attached hydrogen (secondary N) is 1. The third-order valence-corrected chi connectivity index (χ3v) is 2.10. The van der Waals surface area contributed by atoms with Crippen LogP contribution in [0.15, 0.2) is 17.4 Å². The van der Waals surface area contributed by atoms with E-state index in [4.69, 9.17) is 23.2 Å². The van der Waals surface area contributed by atoms with Crippen molar-refractivity contribution >= 4 is 44.3 Å². The summed E-state index contributed by atoms with van der Waals surface area (Å²) in [7, 11) is 0. The van der Waals surface area contributed by atoms with Crippen molar-refractivity contribution in [1.29, 1.82) is 0 Å². The number of alkyl halides is 2. The van der Waals surface area contributed by atoms with Crippen LogP contribution in [0.3, 0.4) is 0 Å². The Morgan fingerprint density at radius 1 is 1.67 bits per heavy atom. The van der Waals surface area contributed by atoms with E-state index in [-0.39, 0.29) is 5.17 Å². The maximum Gasteiger partial charge on any atom is 0.278 e. The molecule has 1 aromatic heterocycles. The second-order valence-corrected chi connectivity index (χ2v) is 4.69. The van der Waals surface area contributed by atoms with Crippen molar-refractivity contribution in [2.45, 2.75) is 4.03 Å². The van der Waals surface area contributed by atoms with Crippen LogP contribution in [0.5, 0.6) is 0 Å². The predicted molar refractivity (Wildman–Crippen MR) is 51.5 cm³/mol. The molecule has 0 radical (unpaired) electrons. The van der Waals surface area contributed by atoms with Gasteiger partial charge in [-0.1, -0.05) is 23.2 Å². The molecule has 0 amide bonds. The molecular weight excluding hydrogens is 267 g/mol. The molecule has 1 atom stereocenters. The topological polar surface area (TPSA) is 42.2 Å². The van der Waals surface area contributed by atoms with Crippen LogP contribution in [-0.4, -0.2) is 18.9 Å². The Labute approximate surface area is 86.7 Å². The van der Waals surface area contributed by atoms with Crippen LogP contribution >= 0.6 is 39.1 Å². The molecule has 4 nitrogen and oxygen atoms in total. The van der Waals surface area contributed by atoms with Gasteiger partial charge in [-0.25, -0.2) is 14.7 Å². The molecule has 64 valence electrons. The van der Waals surface area contributed by atoms with Gasteiger partial charge in [0.05, 0.1) is 0 Å². The van der Waals surface area contributed by atoms with Gasteiger partial charge >= 0.3 is 0 Å². The highest BCUT2D eigenvalue weighted by Gasteiger charge is 2.29. The highest BCUT2D eigenvalue weighted by molar-refractivity contribution is 9.10. The molecule has 0 fully saturated rings. The number of aromatic nitrogens is 2. The van der Waals surface area contributed by atoms with Crippen molar-refractivity contribution in [3.8, 4) is 0 Å². The number of hydrogen-bond donors (Lipinski definition) is 1. The number of fused-ring (bicyclic) bond motifs is 1. The fraction of sp³-hybridized carbons (Fsp3) is 0.200. The van der Waals surface area contributed by atoms with Crippen molar-refractivity contribution in [3.63, 3.8) is 0 Å². The lowest BCUT2D eigenvalue weighted by Gasteiger charge is -2.24. The Morgan fingerprint density at radius 2 is 2.42 bits per heavy atom. The van der Waals surface area contributed by atoms with Crippen LogP contribution < -0.4 is 5.43 Å². The summed E-state index contributed by atoms with van der Waals surface area (Å²) in [4.78, 5) is 7.86. The minimum Gasteiger partial charge on any atom is -0.275 e. The Morgan fingerprint density at radius 3 is 3.17 bits per heavy atom. The molecule has 2 heterocycles. The van der Waals surface area contributed by atoms with Crippen molar-refractivity contribution in [3.05, 3.63) is 18.2 Å². The number of aliphatic imine (C=N–C) groups is 1. The SMILES string of the molecule is ClC1=NC(Cl)(Br)Nn2ccnc21. The molecule has 1 aliphatic heterocycles. The zero-order valence-corrected chi connectivity index (χ0v) is 8.73. The second kappa shape index (κ2) is 2.61. The first kappa shape index (κ1) is 8.34. The first-order valence-electron chi connectivity index (χ1n) is 3.03. The van der Waals surface area contributed by atoms with Crippen molar-refractivity contribution < 1.29 is 0 Å². The van der Waals surface area contributed by atoms with E-state index in [1.165, 1.54) is 0 Å². The molecule has 0 saturated carbocycles. The summed E-state index contributed by atoms with van der Waals surface area (Å²) in [6.07, 6.45) is 3.30. The van der Waals surface area contributed by atoms with E-state index in [1.54, 1.807) is 17.1 Å². The normalized spacial score (nSPS) is 27.4. The maximum absolute atomic E-state index is 5.84. The average Bonchev–Trinajstić information content (AvgIpc) is 2.31. The summed E-state index contributed by atoms with van der Waals surface area (Å²) >= 11 is 14.7. The van der Waals surface area contributed by atoms with Crippen molar-refractivity contribution in [2.24, 2.45) is 4.99 Å². The molecule has 12 heavy (non-hydrogen) atoms. The molecule has 0 bridgehead atoms. The van der Waals surface area contributed by atoms with Gasteiger partial charge in [0.25, 0.3) is 4.03 Å². The summed E-state index contributed by atoms with van der Waals surface area (Å²) < 4.78 is 0.523. The summed E-state index contributed by atoms with van der Waals surface area (Å²) in [6, 6.07) is 0. The van der Waals surface area contributed by atoms with Gasteiger partial charge in [0, 0.05) is 12.4 Å². The van der Waals surface area contributed by atoms with Gasteiger partial charge in [-0.2, -0.15) is 0 Å². The molecule has 1 unspecified atom stereocenters. The lowest BCUT2D eigenvalue weighted by Crippen LogP contribution is -2.36. The number of rotatable bonds is 0. The van der Waals surface area contributed by atoms with Gasteiger partial charge in [-0.15, -0.1) is 0 Å². The number of hydrogen-bond acceptors (Lipinski definition) is 3. The lowest BCUT2D eigenvalue weighted by atomic mass is 10.6. The van der Waals surface area contributed by atoms with Gasteiger partial charge in [-0.3, -0.25) is 5.43 Å². The van der Waals surface area contributed by atoms with Gasteiger partial charge in [0.15, 0.2) is 11.0 Å². The van der Waals surface area contributed by atoms with Gasteiger partial charge in [0.1, 0.15) is 0 Å². The summed E-state index contributed by atoms with van der Waals surface area (Å²) in [6.45, 7) is 0. The number of imidazole rings is 1. The molecule has 1 N–H and O–H groups in total. The molecule has 1 aromatic rings. The standard InChI is InChI=1S/C5H3BrCl2N4/c6-5(8)10-3(7)4-9-1-2-12(4)11-5/h1-2,11H. The summed E-state index contributed by atoms with van der Waals surface area (Å²) in [5.41, 5.74) is 2.81. The molecule has 0 spiro atoms. The number of halogens is 3. The van der Waals surface area contributed by atoms with Crippen LogP contribution in [0.4, 0.5) is 0 Å². The van der Waals surface area contributed by atoms with E-state index in [1.807, 2.05) is 0 Å². The molecule has 2 rings (SSSR count). The zero-order chi connectivity index (χ0) is 8.77. The van der Waals surface area contributed by atoms with E-state index in [2.05, 4.69) is 31.3 Å². The summed E-state index contributed by atoms with van der Waals surface area (Å²) in [5, 5.41) is 0.269. The molecule has 7 heteroatoms. The third kappa shape index (κ3) is 1.32. The summed E-state index contributed by atoms with van der Waals surface area (Å²) in [5.74, 6) is 0.549. The van der Waals surface area contributed by atoms with Crippen LogP contribution in [0.2, 0.25) is 0 Å². The van der Waals surface area contributed by atoms with E-state index in [9.17, 15) is 0 Å². The predicted octanol–water partition coefficient (Wildman–Crippen LogP) is 1.67. The largest absolute Gasteiger partial charge is 0.278 e. The van der Waals surface area contributed by atoms with Gasteiger partial charge in [0.2, 0.25) is 0 Å². The Balaban J connectivity index is 2.52. The maximum atomic E-state index is 5.84. The Kier molecular flexibility index (Phi) is 1.82. The zero-order valence-electron chi connectivity index (χ0n) is 5.63. The van der Waals surface area contributed by atoms with Crippen molar-refractivity contribution in [1.82, 2.24) is 9.66 Å². The molecule has 0 aromatic carbocycles. The fourth-order valence-corrected chi connectivity index (χ4v) is 1.85. The molecule has 0 saturated heterocycles. The first-order valence-corrected chi connectivity index (χ1v) is 4.58. The van der Waals surface area contributed by atoms with E-state index in [0.717, 1.165) is 0 Å². The van der Waals surface area contributed by atoms with Crippen LogP contribution in [0.1, 0.15) is 5.82 Å².